The lowest BCUT2D eigenvalue weighted by Gasteiger charge is -2.33. The first-order valence-corrected chi connectivity index (χ1v) is 7.87. The summed E-state index contributed by atoms with van der Waals surface area (Å²) in [5, 5.41) is 0.647. The SMILES string of the molecule is NC(=O)C1(c2ccccc2-c2ccc(Cl)cc2)C=CC=NC1Cl. The van der Waals surface area contributed by atoms with Crippen LogP contribution in [0.1, 0.15) is 5.56 Å². The molecule has 0 fully saturated rings. The summed E-state index contributed by atoms with van der Waals surface area (Å²) in [6.07, 6.45) is 4.99. The van der Waals surface area contributed by atoms with Crippen molar-refractivity contribution < 1.29 is 4.79 Å². The fraction of sp³-hybridized carbons (Fsp3) is 0.111. The van der Waals surface area contributed by atoms with Crippen molar-refractivity contribution in [2.75, 3.05) is 0 Å². The summed E-state index contributed by atoms with van der Waals surface area (Å²) in [6.45, 7) is 0. The van der Waals surface area contributed by atoms with Gasteiger partial charge in [-0.15, -0.1) is 0 Å². The molecule has 0 saturated carbocycles. The third-order valence-corrected chi connectivity index (χ3v) is 4.68. The second-order valence-electron chi connectivity index (χ2n) is 5.28. The minimum Gasteiger partial charge on any atom is -0.369 e. The van der Waals surface area contributed by atoms with Crippen molar-refractivity contribution in [3.63, 3.8) is 0 Å². The largest absolute Gasteiger partial charge is 0.369 e. The second-order valence-corrected chi connectivity index (χ2v) is 6.13. The van der Waals surface area contributed by atoms with Crippen molar-refractivity contribution in [1.29, 1.82) is 0 Å². The van der Waals surface area contributed by atoms with E-state index >= 15 is 0 Å². The van der Waals surface area contributed by atoms with E-state index in [1.807, 2.05) is 36.4 Å². The van der Waals surface area contributed by atoms with Gasteiger partial charge in [-0.25, -0.2) is 0 Å². The first-order valence-electron chi connectivity index (χ1n) is 7.06. The molecule has 5 heteroatoms. The maximum atomic E-state index is 12.3. The molecule has 0 saturated heterocycles. The number of carbonyl (C=O) groups excluding carboxylic acids is 1. The van der Waals surface area contributed by atoms with Gasteiger partial charge >= 0.3 is 0 Å². The van der Waals surface area contributed by atoms with Crippen LogP contribution in [0.25, 0.3) is 11.1 Å². The first-order chi connectivity index (χ1) is 11.1. The number of halogens is 2. The highest BCUT2D eigenvalue weighted by atomic mass is 35.5. The average molecular weight is 345 g/mol. The third-order valence-electron chi connectivity index (χ3n) is 3.97. The molecule has 0 aliphatic carbocycles. The topological polar surface area (TPSA) is 55.5 Å². The van der Waals surface area contributed by atoms with Crippen LogP contribution in [0.15, 0.2) is 65.7 Å². The lowest BCUT2D eigenvalue weighted by Crippen LogP contribution is -2.47. The molecule has 0 spiro atoms. The summed E-state index contributed by atoms with van der Waals surface area (Å²) >= 11 is 12.3. The van der Waals surface area contributed by atoms with E-state index in [-0.39, 0.29) is 0 Å². The number of carbonyl (C=O) groups is 1. The van der Waals surface area contributed by atoms with Crippen molar-refractivity contribution in [3.8, 4) is 11.1 Å². The Morgan fingerprint density at radius 1 is 1.13 bits per heavy atom. The molecule has 0 aromatic heterocycles. The van der Waals surface area contributed by atoms with E-state index in [9.17, 15) is 4.79 Å². The molecule has 23 heavy (non-hydrogen) atoms. The van der Waals surface area contributed by atoms with E-state index in [4.69, 9.17) is 28.9 Å². The van der Waals surface area contributed by atoms with E-state index in [0.717, 1.165) is 16.7 Å². The predicted octanol–water partition coefficient (Wildman–Crippen LogP) is 3.94. The Morgan fingerprint density at radius 3 is 2.48 bits per heavy atom. The summed E-state index contributed by atoms with van der Waals surface area (Å²) in [5.74, 6) is -0.535. The van der Waals surface area contributed by atoms with Crippen molar-refractivity contribution >= 4 is 35.3 Å². The number of rotatable bonds is 3. The minimum atomic E-state index is -1.19. The molecule has 1 amide bonds. The van der Waals surface area contributed by atoms with Gasteiger partial charge in [-0.3, -0.25) is 9.79 Å². The van der Waals surface area contributed by atoms with Gasteiger partial charge in [0.25, 0.3) is 0 Å². The van der Waals surface area contributed by atoms with Crippen LogP contribution in [0.5, 0.6) is 0 Å². The minimum absolute atomic E-state index is 0.535. The Bertz CT molecular complexity index is 799. The van der Waals surface area contributed by atoms with Crippen molar-refractivity contribution in [1.82, 2.24) is 0 Å². The van der Waals surface area contributed by atoms with Crippen LogP contribution in [0.4, 0.5) is 0 Å². The lowest BCUT2D eigenvalue weighted by molar-refractivity contribution is -0.122. The number of alkyl halides is 1. The van der Waals surface area contributed by atoms with Crippen LogP contribution in [0.2, 0.25) is 5.02 Å². The van der Waals surface area contributed by atoms with Gasteiger partial charge < -0.3 is 5.73 Å². The number of dihydropyridines is 1. The first kappa shape index (κ1) is 15.8. The number of nitrogens with two attached hydrogens (primary N) is 1. The van der Waals surface area contributed by atoms with Gasteiger partial charge in [0.05, 0.1) is 0 Å². The molecule has 2 unspecified atom stereocenters. The normalized spacial score (nSPS) is 23.0. The molecule has 0 radical (unpaired) electrons. The molecule has 1 aliphatic rings. The average Bonchev–Trinajstić information content (AvgIpc) is 2.56. The Kier molecular flexibility index (Phi) is 4.24. The molecule has 116 valence electrons. The summed E-state index contributed by atoms with van der Waals surface area (Å²) in [4.78, 5) is 16.5. The molecular weight excluding hydrogens is 331 g/mol. The lowest BCUT2D eigenvalue weighted by atomic mass is 9.75. The third kappa shape index (κ3) is 2.67. The zero-order valence-electron chi connectivity index (χ0n) is 12.1. The van der Waals surface area contributed by atoms with Crippen LogP contribution >= 0.6 is 23.2 Å². The van der Waals surface area contributed by atoms with Gasteiger partial charge in [-0.1, -0.05) is 65.7 Å². The van der Waals surface area contributed by atoms with Crippen LogP contribution in [0, 0.1) is 0 Å². The fourth-order valence-corrected chi connectivity index (χ4v) is 3.28. The molecule has 1 aliphatic heterocycles. The number of nitrogens with zero attached hydrogens (tertiary/aromatic N) is 1. The molecule has 2 N–H and O–H groups in total. The highest BCUT2D eigenvalue weighted by Crippen LogP contribution is 2.40. The van der Waals surface area contributed by atoms with E-state index in [0.29, 0.717) is 5.02 Å². The molecule has 2 aromatic carbocycles. The van der Waals surface area contributed by atoms with Crippen LogP contribution in [0.3, 0.4) is 0 Å². The monoisotopic (exact) mass is 344 g/mol. The van der Waals surface area contributed by atoms with Crippen LogP contribution in [-0.4, -0.2) is 17.6 Å². The zero-order chi connectivity index (χ0) is 16.4. The number of amides is 1. The van der Waals surface area contributed by atoms with E-state index in [1.165, 1.54) is 0 Å². The van der Waals surface area contributed by atoms with Gasteiger partial charge in [0, 0.05) is 11.2 Å². The Labute approximate surface area is 144 Å². The number of hydrogen-bond donors (Lipinski definition) is 1. The van der Waals surface area contributed by atoms with Crippen molar-refractivity contribution in [2.24, 2.45) is 10.7 Å². The molecular formula is C18H14Cl2N2O. The number of allylic oxidation sites excluding steroid dienone is 1. The Balaban J connectivity index is 2.23. The van der Waals surface area contributed by atoms with Crippen LogP contribution in [-0.2, 0) is 10.2 Å². The second kappa shape index (κ2) is 6.19. The molecule has 1 heterocycles. The zero-order valence-corrected chi connectivity index (χ0v) is 13.6. The van der Waals surface area contributed by atoms with E-state index in [2.05, 4.69) is 4.99 Å². The summed E-state index contributed by atoms with van der Waals surface area (Å²) in [6, 6.07) is 14.9. The summed E-state index contributed by atoms with van der Waals surface area (Å²) in [7, 11) is 0. The van der Waals surface area contributed by atoms with Crippen molar-refractivity contribution in [3.05, 3.63) is 71.3 Å². The number of benzene rings is 2. The van der Waals surface area contributed by atoms with E-state index in [1.54, 1.807) is 30.5 Å². The van der Waals surface area contributed by atoms with Gasteiger partial charge in [0.1, 0.15) is 10.9 Å². The maximum Gasteiger partial charge on any atom is 0.235 e. The molecule has 0 bridgehead atoms. The fourth-order valence-electron chi connectivity index (χ4n) is 2.79. The molecule has 3 nitrogen and oxygen atoms in total. The van der Waals surface area contributed by atoms with Gasteiger partial charge in [0.2, 0.25) is 5.91 Å². The maximum absolute atomic E-state index is 12.3. The smallest absolute Gasteiger partial charge is 0.235 e. The van der Waals surface area contributed by atoms with Gasteiger partial charge in [-0.05, 0) is 34.9 Å². The Hall–Kier alpha value is -2.10. The van der Waals surface area contributed by atoms with Crippen molar-refractivity contribution in [2.45, 2.75) is 10.9 Å². The van der Waals surface area contributed by atoms with Gasteiger partial charge in [0.15, 0.2) is 0 Å². The van der Waals surface area contributed by atoms with Crippen LogP contribution < -0.4 is 5.73 Å². The quantitative estimate of drug-likeness (QED) is 0.665. The summed E-state index contributed by atoms with van der Waals surface area (Å²) in [5.41, 5.74) is 6.27. The molecule has 2 atom stereocenters. The highest BCUT2D eigenvalue weighted by Gasteiger charge is 2.45. The summed E-state index contributed by atoms with van der Waals surface area (Å²) < 4.78 is 0. The molecule has 3 rings (SSSR count). The number of primary amides is 1. The predicted molar refractivity (Wildman–Crippen MR) is 95.0 cm³/mol. The van der Waals surface area contributed by atoms with Gasteiger partial charge in [-0.2, -0.15) is 0 Å². The number of aliphatic imine (C=N–C) groups is 1. The van der Waals surface area contributed by atoms with E-state index < -0.39 is 16.8 Å². The Morgan fingerprint density at radius 2 is 1.83 bits per heavy atom. The highest BCUT2D eigenvalue weighted by molar-refractivity contribution is 6.30. The molecule has 2 aromatic rings. The standard InChI is InChI=1S/C18H14Cl2N2O/c19-13-8-6-12(7-9-13)14-4-1-2-5-15(14)18(17(21)23)10-3-11-22-16(18)20/h1-11,16H,(H2,21,23). The number of hydrogen-bond acceptors (Lipinski definition) is 2.